The fourth-order valence-corrected chi connectivity index (χ4v) is 7.23. The normalized spacial score (nSPS) is 11.5. The van der Waals surface area contributed by atoms with Crippen LogP contribution >= 0.6 is 63.7 Å². The van der Waals surface area contributed by atoms with Gasteiger partial charge in [-0.05, 0) is 101 Å². The number of ether oxygens (including phenoxy) is 2. The Kier molecular flexibility index (Phi) is 9.99. The molecule has 2 aromatic rings. The van der Waals surface area contributed by atoms with Gasteiger partial charge in [-0.1, -0.05) is 26.7 Å². The summed E-state index contributed by atoms with van der Waals surface area (Å²) in [5.74, 6) is 1.19. The summed E-state index contributed by atoms with van der Waals surface area (Å²) in [6, 6.07) is 6.26. The van der Waals surface area contributed by atoms with Crippen molar-refractivity contribution in [1.82, 2.24) is 0 Å². The van der Waals surface area contributed by atoms with Crippen LogP contribution in [-0.4, -0.2) is 21.6 Å². The lowest BCUT2D eigenvalue weighted by atomic mass is 10.3. The molecule has 0 aliphatic carbocycles. The second kappa shape index (κ2) is 11.5. The Morgan fingerprint density at radius 3 is 1.28 bits per heavy atom. The molecule has 0 spiro atoms. The van der Waals surface area contributed by atoms with Crippen molar-refractivity contribution in [3.05, 3.63) is 42.2 Å². The molecule has 2 rings (SSSR count). The van der Waals surface area contributed by atoms with Crippen molar-refractivity contribution < 1.29 is 17.9 Å². The third-order valence-electron chi connectivity index (χ3n) is 4.05. The highest BCUT2D eigenvalue weighted by Gasteiger charge is 2.24. The minimum atomic E-state index is -3.74. The van der Waals surface area contributed by atoms with Gasteiger partial charge in [0.05, 0.1) is 40.9 Å². The Balaban J connectivity index is 2.37. The molecule has 9 heteroatoms. The first-order valence-corrected chi connectivity index (χ1v) is 13.9. The van der Waals surface area contributed by atoms with E-state index < -0.39 is 9.84 Å². The van der Waals surface area contributed by atoms with Crippen LogP contribution in [0.3, 0.4) is 0 Å². The standard InChI is InChI=1S/C20H22Br4O4S/c1-3-5-7-27-19-15(21)9-13(10-16(19)22)29(25,26)14-11-17(23)20(18(24)12-14)28-8-6-4-2/h9-12H,3-8H2,1-2H3. The van der Waals surface area contributed by atoms with Gasteiger partial charge in [-0.2, -0.15) is 0 Å². The van der Waals surface area contributed by atoms with Crippen LogP contribution in [0.15, 0.2) is 51.9 Å². The monoisotopic (exact) mass is 674 g/mol. The second-order valence-corrected chi connectivity index (χ2v) is 11.7. The molecule has 0 unspecified atom stereocenters. The van der Waals surface area contributed by atoms with Crippen LogP contribution in [0.1, 0.15) is 39.5 Å². The van der Waals surface area contributed by atoms with Crippen LogP contribution in [0, 0.1) is 0 Å². The maximum Gasteiger partial charge on any atom is 0.206 e. The highest BCUT2D eigenvalue weighted by molar-refractivity contribution is 9.11. The highest BCUT2D eigenvalue weighted by atomic mass is 79.9. The smallest absolute Gasteiger partial charge is 0.206 e. The van der Waals surface area contributed by atoms with Gasteiger partial charge in [0.25, 0.3) is 0 Å². The molecule has 160 valence electrons. The molecule has 0 fully saturated rings. The van der Waals surface area contributed by atoms with E-state index in [1.165, 1.54) is 0 Å². The van der Waals surface area contributed by atoms with Crippen LogP contribution in [0.5, 0.6) is 11.5 Å². The van der Waals surface area contributed by atoms with Crippen LogP contribution in [-0.2, 0) is 9.84 Å². The largest absolute Gasteiger partial charge is 0.491 e. The Bertz CT molecular complexity index is 843. The summed E-state index contributed by atoms with van der Waals surface area (Å²) in [5.41, 5.74) is 0. The topological polar surface area (TPSA) is 52.6 Å². The SMILES string of the molecule is CCCCOc1c(Br)cc(S(=O)(=O)c2cc(Br)c(OCCCC)c(Br)c2)cc1Br. The van der Waals surface area contributed by atoms with Gasteiger partial charge in [0.15, 0.2) is 0 Å². The van der Waals surface area contributed by atoms with E-state index in [1.54, 1.807) is 24.3 Å². The van der Waals surface area contributed by atoms with Crippen LogP contribution < -0.4 is 9.47 Å². The number of unbranched alkanes of at least 4 members (excludes halogenated alkanes) is 2. The number of hydrogen-bond donors (Lipinski definition) is 0. The summed E-state index contributed by atoms with van der Waals surface area (Å²) in [6.45, 7) is 5.30. The molecule has 0 aliphatic rings. The lowest BCUT2D eigenvalue weighted by Gasteiger charge is -2.14. The minimum Gasteiger partial charge on any atom is -0.491 e. The van der Waals surface area contributed by atoms with E-state index in [2.05, 4.69) is 77.6 Å². The van der Waals surface area contributed by atoms with Crippen molar-refractivity contribution in [1.29, 1.82) is 0 Å². The maximum atomic E-state index is 13.2. The molecule has 0 amide bonds. The van der Waals surface area contributed by atoms with E-state index in [-0.39, 0.29) is 9.79 Å². The van der Waals surface area contributed by atoms with E-state index in [0.717, 1.165) is 25.7 Å². The van der Waals surface area contributed by atoms with Crippen molar-refractivity contribution in [2.75, 3.05) is 13.2 Å². The lowest BCUT2D eigenvalue weighted by Crippen LogP contribution is -2.05. The van der Waals surface area contributed by atoms with Crippen LogP contribution in [0.25, 0.3) is 0 Å². The molecule has 0 aromatic heterocycles. The van der Waals surface area contributed by atoms with Gasteiger partial charge in [0.1, 0.15) is 11.5 Å². The van der Waals surface area contributed by atoms with Crippen LogP contribution in [0.4, 0.5) is 0 Å². The van der Waals surface area contributed by atoms with E-state index >= 15 is 0 Å². The molecule has 0 bridgehead atoms. The van der Waals surface area contributed by atoms with Gasteiger partial charge in [-0.15, -0.1) is 0 Å². The summed E-state index contributed by atoms with van der Waals surface area (Å²) in [7, 11) is -3.74. The first kappa shape index (κ1) is 25.2. The molecule has 0 atom stereocenters. The number of benzene rings is 2. The van der Waals surface area contributed by atoms with Gasteiger partial charge in [-0.25, -0.2) is 8.42 Å². The molecule has 0 aliphatic heterocycles. The number of sulfone groups is 1. The van der Waals surface area contributed by atoms with Crippen molar-refractivity contribution in [2.45, 2.75) is 49.3 Å². The molecule has 0 saturated heterocycles. The maximum absolute atomic E-state index is 13.2. The molecule has 0 saturated carbocycles. The third kappa shape index (κ3) is 6.45. The predicted molar refractivity (Wildman–Crippen MR) is 130 cm³/mol. The predicted octanol–water partition coefficient (Wildman–Crippen LogP) is 7.93. The molecular weight excluding hydrogens is 656 g/mol. The zero-order valence-electron chi connectivity index (χ0n) is 16.1. The van der Waals surface area contributed by atoms with Gasteiger partial charge in [0, 0.05) is 0 Å². The Morgan fingerprint density at radius 2 is 1.00 bits per heavy atom. The average molecular weight is 678 g/mol. The number of hydrogen-bond acceptors (Lipinski definition) is 4. The van der Waals surface area contributed by atoms with E-state index in [9.17, 15) is 8.42 Å². The van der Waals surface area contributed by atoms with Gasteiger partial charge < -0.3 is 9.47 Å². The van der Waals surface area contributed by atoms with E-state index in [1.807, 2.05) is 0 Å². The van der Waals surface area contributed by atoms with Crippen molar-refractivity contribution in [2.24, 2.45) is 0 Å². The summed E-state index contributed by atoms with van der Waals surface area (Å²) in [4.78, 5) is 0.329. The third-order valence-corrected chi connectivity index (χ3v) is 8.12. The van der Waals surface area contributed by atoms with Gasteiger partial charge in [0.2, 0.25) is 9.84 Å². The molecule has 0 N–H and O–H groups in total. The van der Waals surface area contributed by atoms with Gasteiger partial charge in [-0.3, -0.25) is 0 Å². The van der Waals surface area contributed by atoms with Crippen LogP contribution in [0.2, 0.25) is 0 Å². The average Bonchev–Trinajstić information content (AvgIpc) is 2.65. The molecule has 0 heterocycles. The quantitative estimate of drug-likeness (QED) is 0.240. The van der Waals surface area contributed by atoms with Crippen molar-refractivity contribution >= 4 is 73.6 Å². The molecule has 29 heavy (non-hydrogen) atoms. The summed E-state index contributed by atoms with van der Waals surface area (Å²) >= 11 is 13.7. The second-order valence-electron chi connectivity index (χ2n) is 6.34. The van der Waals surface area contributed by atoms with Crippen molar-refractivity contribution in [3.8, 4) is 11.5 Å². The first-order chi connectivity index (χ1) is 13.7. The first-order valence-electron chi connectivity index (χ1n) is 9.21. The Labute approximate surface area is 206 Å². The highest BCUT2D eigenvalue weighted by Crippen LogP contribution is 2.40. The molecule has 0 radical (unpaired) electrons. The van der Waals surface area contributed by atoms with E-state index in [0.29, 0.717) is 42.6 Å². The summed E-state index contributed by atoms with van der Waals surface area (Å²) < 4.78 is 40.3. The van der Waals surface area contributed by atoms with Crippen molar-refractivity contribution in [3.63, 3.8) is 0 Å². The van der Waals surface area contributed by atoms with E-state index in [4.69, 9.17) is 9.47 Å². The summed E-state index contributed by atoms with van der Waals surface area (Å²) in [6.07, 6.45) is 3.88. The fourth-order valence-electron chi connectivity index (χ4n) is 2.43. The zero-order valence-corrected chi connectivity index (χ0v) is 23.3. The lowest BCUT2D eigenvalue weighted by molar-refractivity contribution is 0.305. The summed E-state index contributed by atoms with van der Waals surface area (Å²) in [5, 5.41) is 0. The number of halogens is 4. The molecular formula is C20H22Br4O4S. The fraction of sp³-hybridized carbons (Fsp3) is 0.400. The van der Waals surface area contributed by atoms with Gasteiger partial charge >= 0.3 is 0 Å². The zero-order chi connectivity index (χ0) is 21.6. The molecule has 2 aromatic carbocycles. The Hall–Kier alpha value is -0.0900. The minimum absolute atomic E-state index is 0.164. The number of rotatable bonds is 10. The Morgan fingerprint density at radius 1 is 0.690 bits per heavy atom. The molecule has 4 nitrogen and oxygen atoms in total.